The maximum absolute atomic E-state index is 11.8. The molecule has 1 fully saturated rings. The summed E-state index contributed by atoms with van der Waals surface area (Å²) in [6, 6.07) is 7.80. The molecule has 21 heavy (non-hydrogen) atoms. The summed E-state index contributed by atoms with van der Waals surface area (Å²) in [6.07, 6.45) is 1.06. The number of carbonyl (C=O) groups is 1. The lowest BCUT2D eigenvalue weighted by Gasteiger charge is -2.43. The van der Waals surface area contributed by atoms with Crippen molar-refractivity contribution >= 4 is 5.97 Å². The number of aliphatic carboxylic acids is 1. The molecule has 0 bridgehead atoms. The summed E-state index contributed by atoms with van der Waals surface area (Å²) in [4.78, 5) is 16.3. The molecule has 116 valence electrons. The third-order valence-corrected chi connectivity index (χ3v) is 4.51. The molecule has 1 saturated heterocycles. The van der Waals surface area contributed by atoms with Crippen LogP contribution in [-0.4, -0.2) is 53.1 Å². The smallest absolute Gasteiger partial charge is 0.325 e. The number of aryl methyl sites for hydroxylation is 1. The lowest BCUT2D eigenvalue weighted by atomic mass is 10.0. The molecule has 4 heteroatoms. The first-order valence-corrected chi connectivity index (χ1v) is 7.84. The minimum absolute atomic E-state index is 0.455. The number of carboxylic acids is 1. The number of hydrogen-bond acceptors (Lipinski definition) is 3. The van der Waals surface area contributed by atoms with Gasteiger partial charge in [-0.25, -0.2) is 0 Å². The van der Waals surface area contributed by atoms with E-state index in [1.165, 1.54) is 0 Å². The molecule has 1 aromatic carbocycles. The van der Waals surface area contributed by atoms with E-state index in [9.17, 15) is 9.90 Å². The molecule has 2 unspecified atom stereocenters. The zero-order valence-electron chi connectivity index (χ0n) is 13.2. The van der Waals surface area contributed by atoms with Gasteiger partial charge in [0.2, 0.25) is 0 Å². The quantitative estimate of drug-likeness (QED) is 0.905. The number of rotatable bonds is 5. The third-order valence-electron chi connectivity index (χ3n) is 4.51. The van der Waals surface area contributed by atoms with Gasteiger partial charge in [0.1, 0.15) is 6.04 Å². The first kappa shape index (κ1) is 16.0. The Kier molecular flexibility index (Phi) is 5.37. The van der Waals surface area contributed by atoms with Gasteiger partial charge in [-0.1, -0.05) is 43.7 Å². The first-order valence-electron chi connectivity index (χ1n) is 7.84. The monoisotopic (exact) mass is 290 g/mol. The second-order valence-electron chi connectivity index (χ2n) is 5.84. The molecule has 0 aromatic heterocycles. The minimum Gasteiger partial charge on any atom is -0.480 e. The second kappa shape index (κ2) is 7.05. The molecule has 1 aromatic rings. The summed E-state index contributed by atoms with van der Waals surface area (Å²) in [5, 5.41) is 9.68. The van der Waals surface area contributed by atoms with Crippen LogP contribution in [-0.2, 0) is 4.79 Å². The fraction of sp³-hybridized carbons (Fsp3) is 0.588. The van der Waals surface area contributed by atoms with Crippen LogP contribution in [0.15, 0.2) is 24.3 Å². The van der Waals surface area contributed by atoms with Gasteiger partial charge in [0.25, 0.3) is 0 Å². The van der Waals surface area contributed by atoms with E-state index in [1.807, 2.05) is 31.2 Å². The molecule has 0 saturated carbocycles. The van der Waals surface area contributed by atoms with Crippen molar-refractivity contribution in [2.24, 2.45) is 0 Å². The minimum atomic E-state index is -0.751. The van der Waals surface area contributed by atoms with Crippen LogP contribution in [0.2, 0.25) is 0 Å². The van der Waals surface area contributed by atoms with Gasteiger partial charge in [-0.15, -0.1) is 0 Å². The Bertz CT molecular complexity index is 472. The van der Waals surface area contributed by atoms with Crippen LogP contribution in [0.1, 0.15) is 37.4 Å². The van der Waals surface area contributed by atoms with Gasteiger partial charge in [-0.05, 0) is 25.5 Å². The van der Waals surface area contributed by atoms with Crippen LogP contribution in [0, 0.1) is 6.92 Å². The molecule has 2 atom stereocenters. The predicted molar refractivity (Wildman–Crippen MR) is 84.5 cm³/mol. The van der Waals surface area contributed by atoms with E-state index < -0.39 is 12.0 Å². The maximum atomic E-state index is 11.8. The second-order valence-corrected chi connectivity index (χ2v) is 5.84. The van der Waals surface area contributed by atoms with Crippen molar-refractivity contribution < 1.29 is 9.90 Å². The number of carboxylic acid groups (broad SMARTS) is 1. The fourth-order valence-corrected chi connectivity index (χ4v) is 3.21. The standard InChI is InChI=1S/C17H26N2O2/c1-4-15-12-19(11-10-18(15)5-2)16(17(20)21)14-8-6-13(3)7-9-14/h6-9,15-16H,4-5,10-12H2,1-3H3,(H,20,21). The molecule has 0 amide bonds. The highest BCUT2D eigenvalue weighted by atomic mass is 16.4. The average molecular weight is 290 g/mol. The highest BCUT2D eigenvalue weighted by Crippen LogP contribution is 2.25. The van der Waals surface area contributed by atoms with Crippen LogP contribution >= 0.6 is 0 Å². The SMILES string of the molecule is CCC1CN(C(C(=O)O)c2ccc(C)cc2)CCN1CC. The van der Waals surface area contributed by atoms with Crippen molar-refractivity contribution in [3.05, 3.63) is 35.4 Å². The highest BCUT2D eigenvalue weighted by Gasteiger charge is 2.33. The summed E-state index contributed by atoms with van der Waals surface area (Å²) in [7, 11) is 0. The van der Waals surface area contributed by atoms with E-state index in [2.05, 4.69) is 23.6 Å². The molecular weight excluding hydrogens is 264 g/mol. The third kappa shape index (κ3) is 3.63. The molecule has 0 aliphatic carbocycles. The number of nitrogens with zero attached hydrogens (tertiary/aromatic N) is 2. The Hall–Kier alpha value is -1.39. The van der Waals surface area contributed by atoms with E-state index in [-0.39, 0.29) is 0 Å². The van der Waals surface area contributed by atoms with Crippen molar-refractivity contribution in [3.8, 4) is 0 Å². The van der Waals surface area contributed by atoms with E-state index >= 15 is 0 Å². The van der Waals surface area contributed by atoms with Gasteiger partial charge in [0.05, 0.1) is 0 Å². The summed E-state index contributed by atoms with van der Waals surface area (Å²) in [5.74, 6) is -0.751. The molecule has 1 aliphatic rings. The summed E-state index contributed by atoms with van der Waals surface area (Å²) in [5.41, 5.74) is 2.04. The highest BCUT2D eigenvalue weighted by molar-refractivity contribution is 5.75. The van der Waals surface area contributed by atoms with Gasteiger partial charge in [-0.2, -0.15) is 0 Å². The molecule has 1 N–H and O–H groups in total. The van der Waals surface area contributed by atoms with E-state index in [4.69, 9.17) is 0 Å². The van der Waals surface area contributed by atoms with Gasteiger partial charge in [-0.3, -0.25) is 14.6 Å². The molecule has 1 heterocycles. The lowest BCUT2D eigenvalue weighted by molar-refractivity contribution is -0.145. The normalized spacial score (nSPS) is 22.1. The van der Waals surface area contributed by atoms with Crippen LogP contribution in [0.5, 0.6) is 0 Å². The molecule has 4 nitrogen and oxygen atoms in total. The van der Waals surface area contributed by atoms with Crippen molar-refractivity contribution in [1.29, 1.82) is 0 Å². The van der Waals surface area contributed by atoms with Gasteiger partial charge in [0, 0.05) is 25.7 Å². The van der Waals surface area contributed by atoms with E-state index in [0.29, 0.717) is 6.04 Å². The summed E-state index contributed by atoms with van der Waals surface area (Å²) >= 11 is 0. The molecule has 1 aliphatic heterocycles. The summed E-state index contributed by atoms with van der Waals surface area (Å²) < 4.78 is 0. The Balaban J connectivity index is 2.19. The zero-order valence-corrected chi connectivity index (χ0v) is 13.2. The van der Waals surface area contributed by atoms with E-state index in [1.54, 1.807) is 0 Å². The molecule has 2 rings (SSSR count). The fourth-order valence-electron chi connectivity index (χ4n) is 3.21. The first-order chi connectivity index (χ1) is 10.1. The molecular formula is C17H26N2O2. The van der Waals surface area contributed by atoms with Crippen LogP contribution in [0.4, 0.5) is 0 Å². The van der Waals surface area contributed by atoms with Crippen molar-refractivity contribution in [2.45, 2.75) is 39.3 Å². The molecule has 0 radical (unpaired) electrons. The number of hydrogen-bond donors (Lipinski definition) is 1. The largest absolute Gasteiger partial charge is 0.480 e. The maximum Gasteiger partial charge on any atom is 0.325 e. The predicted octanol–water partition coefficient (Wildman–Crippen LogP) is 2.54. The van der Waals surface area contributed by atoms with Crippen LogP contribution in [0.25, 0.3) is 0 Å². The summed E-state index contributed by atoms with van der Waals surface area (Å²) in [6.45, 7) is 10.0. The Morgan fingerprint density at radius 2 is 1.95 bits per heavy atom. The number of piperazine rings is 1. The zero-order chi connectivity index (χ0) is 15.4. The Morgan fingerprint density at radius 1 is 1.29 bits per heavy atom. The van der Waals surface area contributed by atoms with Gasteiger partial charge < -0.3 is 5.11 Å². The van der Waals surface area contributed by atoms with Crippen LogP contribution < -0.4 is 0 Å². The van der Waals surface area contributed by atoms with Gasteiger partial charge >= 0.3 is 5.97 Å². The number of likely N-dealkylation sites (N-methyl/N-ethyl adjacent to an activating group) is 1. The topological polar surface area (TPSA) is 43.8 Å². The number of benzene rings is 1. The van der Waals surface area contributed by atoms with Crippen LogP contribution in [0.3, 0.4) is 0 Å². The Morgan fingerprint density at radius 3 is 2.48 bits per heavy atom. The molecule has 0 spiro atoms. The van der Waals surface area contributed by atoms with Crippen molar-refractivity contribution in [1.82, 2.24) is 9.80 Å². The van der Waals surface area contributed by atoms with Gasteiger partial charge in [0.15, 0.2) is 0 Å². The Labute approximate surface area is 127 Å². The van der Waals surface area contributed by atoms with Crippen molar-refractivity contribution in [2.75, 3.05) is 26.2 Å². The van der Waals surface area contributed by atoms with Crippen molar-refractivity contribution in [3.63, 3.8) is 0 Å². The lowest BCUT2D eigenvalue weighted by Crippen LogP contribution is -2.54. The average Bonchev–Trinajstić information content (AvgIpc) is 2.49. The van der Waals surface area contributed by atoms with E-state index in [0.717, 1.165) is 43.7 Å².